The summed E-state index contributed by atoms with van der Waals surface area (Å²) in [5.74, 6) is 0.562. The lowest BCUT2D eigenvalue weighted by Crippen LogP contribution is -2.41. The number of rotatable bonds is 2. The number of aryl methyl sites for hydroxylation is 1. The molecule has 3 N–H and O–H groups in total. The second-order valence-corrected chi connectivity index (χ2v) is 7.07. The van der Waals surface area contributed by atoms with Crippen molar-refractivity contribution in [3.8, 4) is 0 Å². The number of carbonyl (C=O) groups is 1. The summed E-state index contributed by atoms with van der Waals surface area (Å²) in [6.07, 6.45) is 4.30. The molecule has 1 aromatic rings. The Morgan fingerprint density at radius 3 is 2.55 bits per heavy atom. The highest BCUT2D eigenvalue weighted by Gasteiger charge is 2.36. The number of fused-ring (bicyclic) bond motifs is 1. The smallest absolute Gasteiger partial charge is 0.287 e. The number of ether oxygens (including phenoxy) is 1. The van der Waals surface area contributed by atoms with E-state index < -0.39 is 0 Å². The van der Waals surface area contributed by atoms with E-state index in [9.17, 15) is 4.79 Å². The molecule has 0 aliphatic carbocycles. The van der Waals surface area contributed by atoms with Crippen molar-refractivity contribution in [2.75, 3.05) is 18.0 Å². The molecule has 120 valence electrons. The van der Waals surface area contributed by atoms with E-state index in [2.05, 4.69) is 30.7 Å². The van der Waals surface area contributed by atoms with Gasteiger partial charge < -0.3 is 10.5 Å². The van der Waals surface area contributed by atoms with Crippen LogP contribution in [0.5, 0.6) is 0 Å². The number of primary amides is 1. The quantitative estimate of drug-likeness (QED) is 0.905. The molecule has 3 rings (SSSR count). The minimum absolute atomic E-state index is 0.260. The number of amides is 1. The Morgan fingerprint density at radius 1 is 1.23 bits per heavy atom. The van der Waals surface area contributed by atoms with Crippen LogP contribution in [0.2, 0.25) is 0 Å². The first-order chi connectivity index (χ1) is 10.4. The summed E-state index contributed by atoms with van der Waals surface area (Å²) in [5, 5.41) is 0. The first-order valence-corrected chi connectivity index (χ1v) is 8.15. The Hall–Kier alpha value is -1.62. The number of anilines is 1. The minimum atomic E-state index is -0.342. The van der Waals surface area contributed by atoms with Gasteiger partial charge in [0.2, 0.25) is 0 Å². The zero-order chi connectivity index (χ0) is 15.9. The fourth-order valence-corrected chi connectivity index (χ4v) is 3.59. The van der Waals surface area contributed by atoms with Gasteiger partial charge in [0.1, 0.15) is 11.3 Å². The molecule has 22 heavy (non-hydrogen) atoms. The Balaban J connectivity index is 2.14. The van der Waals surface area contributed by atoms with Gasteiger partial charge in [-0.05, 0) is 45.6 Å². The number of nitrogens with zero attached hydrogens (tertiary/aromatic N) is 1. The third-order valence-corrected chi connectivity index (χ3v) is 4.79. The number of nitrogens with one attached hydrogen (secondary N) is 1. The molecule has 0 aromatic carbocycles. The molecule has 0 atom stereocenters. The van der Waals surface area contributed by atoms with Crippen LogP contribution in [0.25, 0.3) is 0 Å². The van der Waals surface area contributed by atoms with Crippen molar-refractivity contribution in [3.05, 3.63) is 22.4 Å². The fourth-order valence-electron chi connectivity index (χ4n) is 3.59. The number of nitrogens with two attached hydrogens (primary N) is 1. The van der Waals surface area contributed by atoms with E-state index in [4.69, 9.17) is 10.5 Å². The van der Waals surface area contributed by atoms with E-state index in [1.165, 1.54) is 6.42 Å². The summed E-state index contributed by atoms with van der Waals surface area (Å²) in [5.41, 5.74) is 9.40. The first-order valence-electron chi connectivity index (χ1n) is 8.15. The molecule has 2 aliphatic rings. The van der Waals surface area contributed by atoms with Crippen LogP contribution in [0.3, 0.4) is 0 Å². The van der Waals surface area contributed by atoms with Crippen molar-refractivity contribution in [1.82, 2.24) is 0 Å². The standard InChI is InChI=1S/C17H25N3O2/c1-11-13-10-22-17(2,3)9-12(13)14(15(18)21)16(19-11)20-7-5-4-6-8-20/h4-10H2,1-3H3,(H2,18,21)/p+1. The summed E-state index contributed by atoms with van der Waals surface area (Å²) in [6.45, 7) is 8.68. The van der Waals surface area contributed by atoms with Gasteiger partial charge in [-0.3, -0.25) is 9.69 Å². The van der Waals surface area contributed by atoms with Crippen LogP contribution in [0.4, 0.5) is 5.82 Å². The van der Waals surface area contributed by atoms with Crippen molar-refractivity contribution in [1.29, 1.82) is 0 Å². The maximum atomic E-state index is 12.2. The number of pyridine rings is 1. The molecule has 1 fully saturated rings. The molecule has 0 saturated carbocycles. The van der Waals surface area contributed by atoms with E-state index in [1.807, 2.05) is 0 Å². The van der Waals surface area contributed by atoms with E-state index in [1.54, 1.807) is 0 Å². The van der Waals surface area contributed by atoms with Crippen LogP contribution in [0.1, 0.15) is 60.3 Å². The van der Waals surface area contributed by atoms with E-state index >= 15 is 0 Å². The predicted octanol–water partition coefficient (Wildman–Crippen LogP) is 1.75. The summed E-state index contributed by atoms with van der Waals surface area (Å²) in [4.78, 5) is 17.9. The van der Waals surface area contributed by atoms with Gasteiger partial charge >= 0.3 is 0 Å². The third kappa shape index (κ3) is 2.70. The Morgan fingerprint density at radius 2 is 1.91 bits per heavy atom. The van der Waals surface area contributed by atoms with E-state index in [0.717, 1.165) is 55.0 Å². The first kappa shape index (κ1) is 15.3. The highest BCUT2D eigenvalue weighted by Crippen LogP contribution is 2.34. The summed E-state index contributed by atoms with van der Waals surface area (Å²) in [6, 6.07) is 0. The number of H-pyrrole nitrogens is 1. The second kappa shape index (κ2) is 5.54. The lowest BCUT2D eigenvalue weighted by molar-refractivity contribution is -0.376. The lowest BCUT2D eigenvalue weighted by Gasteiger charge is -2.34. The van der Waals surface area contributed by atoms with Crippen LogP contribution in [0.15, 0.2) is 0 Å². The van der Waals surface area contributed by atoms with Gasteiger partial charge in [0, 0.05) is 12.0 Å². The Kier molecular flexibility index (Phi) is 3.85. The number of aromatic amines is 1. The van der Waals surface area contributed by atoms with Gasteiger partial charge in [0.25, 0.3) is 11.7 Å². The van der Waals surface area contributed by atoms with Gasteiger partial charge in [-0.25, -0.2) is 4.98 Å². The molecular weight excluding hydrogens is 278 g/mol. The van der Waals surface area contributed by atoms with Gasteiger partial charge in [0.15, 0.2) is 0 Å². The maximum Gasteiger partial charge on any atom is 0.287 e. The number of aromatic nitrogens is 1. The van der Waals surface area contributed by atoms with Gasteiger partial charge in [0.05, 0.1) is 25.3 Å². The largest absolute Gasteiger partial charge is 0.370 e. The molecule has 5 heteroatoms. The van der Waals surface area contributed by atoms with Gasteiger partial charge in [-0.1, -0.05) is 0 Å². The molecule has 0 unspecified atom stereocenters. The maximum absolute atomic E-state index is 12.2. The SMILES string of the molecule is Cc1[nH+]c(N2CCCCC2)c(C(N)=O)c2c1COC(C)(C)C2. The van der Waals surface area contributed by atoms with Gasteiger partial charge in [-0.15, -0.1) is 0 Å². The average Bonchev–Trinajstić information content (AvgIpc) is 2.46. The highest BCUT2D eigenvalue weighted by molar-refractivity contribution is 5.99. The van der Waals surface area contributed by atoms with Gasteiger partial charge in [-0.2, -0.15) is 0 Å². The molecule has 5 nitrogen and oxygen atoms in total. The molecule has 1 aromatic heterocycles. The topological polar surface area (TPSA) is 69.7 Å². The summed E-state index contributed by atoms with van der Waals surface area (Å²) < 4.78 is 5.91. The Labute approximate surface area is 131 Å². The summed E-state index contributed by atoms with van der Waals surface area (Å²) >= 11 is 0. The zero-order valence-corrected chi connectivity index (χ0v) is 13.8. The summed E-state index contributed by atoms with van der Waals surface area (Å²) in [7, 11) is 0. The molecule has 1 saturated heterocycles. The van der Waals surface area contributed by atoms with Crippen LogP contribution in [0, 0.1) is 6.92 Å². The Bertz CT molecular complexity index is 604. The number of carbonyl (C=O) groups excluding carboxylic acids is 1. The van der Waals surface area contributed by atoms with Crippen LogP contribution >= 0.6 is 0 Å². The molecule has 2 aliphatic heterocycles. The lowest BCUT2D eigenvalue weighted by atomic mass is 9.87. The van der Waals surface area contributed by atoms with Crippen LogP contribution < -0.4 is 15.6 Å². The van der Waals surface area contributed by atoms with Crippen molar-refractivity contribution in [3.63, 3.8) is 0 Å². The number of hydrogen-bond acceptors (Lipinski definition) is 3. The van der Waals surface area contributed by atoms with Crippen molar-refractivity contribution in [2.24, 2.45) is 5.73 Å². The third-order valence-electron chi connectivity index (χ3n) is 4.79. The van der Waals surface area contributed by atoms with Crippen molar-refractivity contribution in [2.45, 2.75) is 58.7 Å². The highest BCUT2D eigenvalue weighted by atomic mass is 16.5. The molecule has 0 bridgehead atoms. The minimum Gasteiger partial charge on any atom is -0.370 e. The monoisotopic (exact) mass is 304 g/mol. The number of piperidine rings is 1. The second-order valence-electron chi connectivity index (χ2n) is 7.07. The van der Waals surface area contributed by atoms with Crippen LogP contribution in [-0.2, 0) is 17.8 Å². The molecule has 0 radical (unpaired) electrons. The van der Waals surface area contributed by atoms with Crippen LogP contribution in [-0.4, -0.2) is 24.6 Å². The molecule has 3 heterocycles. The normalized spacial score (nSPS) is 20.6. The zero-order valence-electron chi connectivity index (χ0n) is 13.8. The molecule has 1 amide bonds. The average molecular weight is 304 g/mol. The van der Waals surface area contributed by atoms with E-state index in [0.29, 0.717) is 12.2 Å². The molecule has 0 spiro atoms. The van der Waals surface area contributed by atoms with Crippen molar-refractivity contribution < 1.29 is 14.5 Å². The van der Waals surface area contributed by atoms with E-state index in [-0.39, 0.29) is 11.5 Å². The fraction of sp³-hybridized carbons (Fsp3) is 0.647. The molecular formula is C17H26N3O2+. The predicted molar refractivity (Wildman–Crippen MR) is 84.9 cm³/mol. The number of hydrogen-bond donors (Lipinski definition) is 1. The van der Waals surface area contributed by atoms with Crippen molar-refractivity contribution >= 4 is 11.7 Å².